The van der Waals surface area contributed by atoms with E-state index in [1.54, 1.807) is 0 Å². The first-order valence-electron chi connectivity index (χ1n) is 2.30. The van der Waals surface area contributed by atoms with Crippen molar-refractivity contribution in [2.45, 2.75) is 0 Å². The van der Waals surface area contributed by atoms with Crippen molar-refractivity contribution in [3.05, 3.63) is 0 Å². The Kier molecular flexibility index (Phi) is 4.78. The van der Waals surface area contributed by atoms with Crippen molar-refractivity contribution in [1.29, 1.82) is 0 Å². The van der Waals surface area contributed by atoms with E-state index < -0.39 is 26.6 Å². The molecule has 0 fully saturated rings. The average Bonchev–Trinajstić information content (AvgIpc) is 1.85. The molecule has 0 bridgehead atoms. The third kappa shape index (κ3) is 8.66. The van der Waals surface area contributed by atoms with E-state index in [0.29, 0.717) is 0 Å². The molecule has 62 valence electrons. The summed E-state index contributed by atoms with van der Waals surface area (Å²) in [5.41, 5.74) is 13.1. The summed E-state index contributed by atoms with van der Waals surface area (Å²) in [6, 6.07) is -1.55. The third-order valence-electron chi connectivity index (χ3n) is 0.393. The number of nitrogens with two attached hydrogens (primary N) is 2. The second kappa shape index (κ2) is 5.44. The van der Waals surface area contributed by atoms with Crippen LogP contribution < -0.4 is 22.3 Å². The van der Waals surface area contributed by atoms with Gasteiger partial charge in [-0.25, -0.2) is 0 Å². The number of carbonyl (C=O) groups is 2. The number of urea groups is 2. The van der Waals surface area contributed by atoms with Crippen LogP contribution in [0.2, 0.25) is 0 Å². The van der Waals surface area contributed by atoms with Gasteiger partial charge in [0.15, 0.2) is 0 Å². The van der Waals surface area contributed by atoms with Gasteiger partial charge in [0.25, 0.3) is 0 Å². The molecule has 11 heavy (non-hydrogen) atoms. The van der Waals surface area contributed by atoms with Crippen molar-refractivity contribution < 1.29 is 9.59 Å². The third-order valence-corrected chi connectivity index (χ3v) is 1.12. The Morgan fingerprint density at radius 1 is 1.09 bits per heavy atom. The molecule has 9 heteroatoms. The van der Waals surface area contributed by atoms with Gasteiger partial charge in [-0.1, -0.05) is 0 Å². The van der Waals surface area contributed by atoms with Crippen LogP contribution in [0.15, 0.2) is 8.14 Å². The summed E-state index contributed by atoms with van der Waals surface area (Å²) < 4.78 is 6.69. The van der Waals surface area contributed by atoms with Gasteiger partial charge in [0.05, 0.1) is 0 Å². The van der Waals surface area contributed by atoms with Crippen LogP contribution in [0.25, 0.3) is 0 Å². The predicted octanol–water partition coefficient (Wildman–Crippen LogP) is -1.78. The molecule has 4 amide bonds. The van der Waals surface area contributed by atoms with E-state index in [2.05, 4.69) is 19.6 Å². The van der Waals surface area contributed by atoms with E-state index in [1.165, 1.54) is 0 Å². The molecule has 0 rings (SSSR count). The molecule has 0 unspecified atom stereocenters. The monoisotopic (exact) mass is 226 g/mol. The number of carbonyl (C=O) groups excluding carboxylic acids is 2. The summed E-state index contributed by atoms with van der Waals surface area (Å²) in [6.07, 6.45) is 0. The van der Waals surface area contributed by atoms with Crippen LogP contribution in [0.1, 0.15) is 0 Å². The molecule has 6 N–H and O–H groups in total. The molecule has 0 aliphatic heterocycles. The Hall–Kier alpha value is -1.34. The van der Waals surface area contributed by atoms with E-state index in [4.69, 9.17) is 0 Å². The van der Waals surface area contributed by atoms with E-state index in [9.17, 15) is 9.59 Å². The molecule has 0 aromatic rings. The van der Waals surface area contributed by atoms with Gasteiger partial charge in [0, 0.05) is 0 Å². The fraction of sp³-hybridized carbons (Fsp3) is 0. The first-order valence-corrected chi connectivity index (χ1v) is 3.83. The van der Waals surface area contributed by atoms with Crippen molar-refractivity contribution in [3.63, 3.8) is 0 Å². The molecular weight excluding hydrogens is 219 g/mol. The van der Waals surface area contributed by atoms with Gasteiger partial charge >= 0.3 is 66.7 Å². The summed E-state index contributed by atoms with van der Waals surface area (Å²) in [5.74, 6) is 0. The minimum atomic E-state index is -0.777. The van der Waals surface area contributed by atoms with Gasteiger partial charge in [-0.2, -0.15) is 0 Å². The molecule has 0 aromatic heterocycles. The van der Waals surface area contributed by atoms with Crippen molar-refractivity contribution in [1.82, 2.24) is 10.9 Å². The first-order chi connectivity index (χ1) is 5.13. The van der Waals surface area contributed by atoms with Crippen molar-refractivity contribution in [2.24, 2.45) is 19.6 Å². The SMILES string of the molecule is NC(=O)NN=[Se]=NNC(N)=O. The molecule has 0 atom stereocenters. The number of nitrogens with one attached hydrogen (secondary N) is 2. The Labute approximate surface area is 67.4 Å². The number of hydrogen-bond donors (Lipinski definition) is 4. The molecule has 0 radical (unpaired) electrons. The summed E-state index contributed by atoms with van der Waals surface area (Å²) in [4.78, 5) is 19.9. The Morgan fingerprint density at radius 2 is 1.45 bits per heavy atom. The van der Waals surface area contributed by atoms with Crippen LogP contribution in [-0.2, 0) is 0 Å². The number of nitrogens with zero attached hydrogens (tertiary/aromatic N) is 2. The Balaban J connectivity index is 3.64. The topological polar surface area (TPSA) is 135 Å². The quantitative estimate of drug-likeness (QED) is 0.326. The van der Waals surface area contributed by atoms with Crippen LogP contribution in [0, 0.1) is 0 Å². The first kappa shape index (κ1) is 9.66. The second-order valence-electron chi connectivity index (χ2n) is 1.22. The standard InChI is InChI=1S/C2H6N6O2Se/c3-1(9)5-7-11-8-6-2(4)10/h(H3,3,5,9)(H3,4,6,10). The zero-order valence-corrected chi connectivity index (χ0v) is 6.99. The molecule has 0 spiro atoms. The Morgan fingerprint density at radius 3 is 1.73 bits per heavy atom. The fourth-order valence-electron chi connectivity index (χ4n) is 0.151. The van der Waals surface area contributed by atoms with Gasteiger partial charge in [0.2, 0.25) is 0 Å². The normalized spacial score (nSPS) is 7.64. The van der Waals surface area contributed by atoms with Gasteiger partial charge in [-0.3, -0.25) is 0 Å². The number of hydrogen-bond acceptors (Lipinski definition) is 4. The van der Waals surface area contributed by atoms with Crippen LogP contribution in [0.4, 0.5) is 9.59 Å². The summed E-state index contributed by atoms with van der Waals surface area (Å²) >= 11 is -0.635. The summed E-state index contributed by atoms with van der Waals surface area (Å²) in [6.45, 7) is 0. The van der Waals surface area contributed by atoms with Crippen LogP contribution in [-0.4, -0.2) is 26.6 Å². The molecule has 0 aromatic carbocycles. The van der Waals surface area contributed by atoms with Gasteiger partial charge in [0.1, 0.15) is 0 Å². The van der Waals surface area contributed by atoms with Crippen molar-refractivity contribution in [2.75, 3.05) is 0 Å². The van der Waals surface area contributed by atoms with E-state index in [1.807, 2.05) is 10.9 Å². The number of amides is 4. The van der Waals surface area contributed by atoms with Crippen molar-refractivity contribution in [3.8, 4) is 0 Å². The van der Waals surface area contributed by atoms with Gasteiger partial charge in [-0.05, 0) is 0 Å². The molecule has 0 aliphatic carbocycles. The average molecular weight is 225 g/mol. The zero-order valence-electron chi connectivity index (χ0n) is 5.27. The van der Waals surface area contributed by atoms with Gasteiger partial charge < -0.3 is 0 Å². The van der Waals surface area contributed by atoms with E-state index in [0.717, 1.165) is 0 Å². The zero-order chi connectivity index (χ0) is 8.69. The molecule has 0 saturated heterocycles. The number of primary amides is 2. The second-order valence-corrected chi connectivity index (χ2v) is 2.33. The summed E-state index contributed by atoms with van der Waals surface area (Å²) in [7, 11) is 0. The van der Waals surface area contributed by atoms with Crippen molar-refractivity contribution >= 4 is 26.6 Å². The fourth-order valence-corrected chi connectivity index (χ4v) is 0.786. The van der Waals surface area contributed by atoms with Gasteiger partial charge in [-0.15, -0.1) is 0 Å². The van der Waals surface area contributed by atoms with Crippen LogP contribution in [0.3, 0.4) is 0 Å². The maximum absolute atomic E-state index is 9.97. The Bertz CT molecular complexity index is 199. The molecule has 0 aliphatic rings. The molecule has 0 saturated carbocycles. The van der Waals surface area contributed by atoms with E-state index in [-0.39, 0.29) is 0 Å². The molecule has 0 heterocycles. The molecule has 8 nitrogen and oxygen atoms in total. The van der Waals surface area contributed by atoms with Crippen LogP contribution in [0.5, 0.6) is 0 Å². The number of rotatable bonds is 2. The minimum absolute atomic E-state index is 0.635. The summed E-state index contributed by atoms with van der Waals surface area (Å²) in [5, 5.41) is 0. The molecular formula is C2H6N6O2Se. The maximum atomic E-state index is 9.97. The van der Waals surface area contributed by atoms with E-state index >= 15 is 0 Å². The van der Waals surface area contributed by atoms with Crippen LogP contribution >= 0.6 is 0 Å². The predicted molar refractivity (Wildman–Crippen MR) is 36.0 cm³/mol.